The van der Waals surface area contributed by atoms with Gasteiger partial charge in [0.2, 0.25) is 11.5 Å². The molecular formula is C28H22O8. The number of ketones is 1. The number of fused-ring (bicyclic) bond motifs is 4. The molecule has 0 aliphatic carbocycles. The van der Waals surface area contributed by atoms with Crippen LogP contribution in [0, 0.1) is 0 Å². The highest BCUT2D eigenvalue weighted by molar-refractivity contribution is 6.15. The summed E-state index contributed by atoms with van der Waals surface area (Å²) >= 11 is 0. The van der Waals surface area contributed by atoms with Crippen LogP contribution in [0.4, 0.5) is 0 Å². The van der Waals surface area contributed by atoms with E-state index in [4.69, 9.17) is 28.4 Å². The first-order valence-corrected chi connectivity index (χ1v) is 11.5. The van der Waals surface area contributed by atoms with E-state index in [1.165, 1.54) is 0 Å². The lowest BCUT2D eigenvalue weighted by atomic mass is 9.84. The molecular weight excluding hydrogens is 464 g/mol. The Morgan fingerprint density at radius 3 is 2.44 bits per heavy atom. The Labute approximate surface area is 206 Å². The van der Waals surface area contributed by atoms with Crippen molar-refractivity contribution in [3.63, 3.8) is 0 Å². The minimum Gasteiger partial charge on any atom is -0.497 e. The summed E-state index contributed by atoms with van der Waals surface area (Å²) in [5.74, 6) is 2.19. The van der Waals surface area contributed by atoms with E-state index >= 15 is 0 Å². The van der Waals surface area contributed by atoms with Crippen molar-refractivity contribution in [1.29, 1.82) is 0 Å². The summed E-state index contributed by atoms with van der Waals surface area (Å²) in [5, 5.41) is 0. The Kier molecular flexibility index (Phi) is 5.29. The molecule has 8 heteroatoms. The normalized spacial score (nSPS) is 18.7. The number of carbonyl (C=O) groups is 2. The molecule has 0 bridgehead atoms. The minimum absolute atomic E-state index is 0.0708. The molecule has 3 aliphatic heterocycles. The van der Waals surface area contributed by atoms with Gasteiger partial charge in [0.25, 0.3) is 0 Å². The fourth-order valence-electron chi connectivity index (χ4n) is 4.74. The third-order valence-corrected chi connectivity index (χ3v) is 6.45. The van der Waals surface area contributed by atoms with Crippen molar-refractivity contribution >= 4 is 17.8 Å². The van der Waals surface area contributed by atoms with Crippen LogP contribution in [0.3, 0.4) is 0 Å². The van der Waals surface area contributed by atoms with Crippen LogP contribution < -0.4 is 28.4 Å². The molecule has 3 aromatic carbocycles. The number of benzene rings is 3. The quantitative estimate of drug-likeness (QED) is 0.302. The first-order valence-electron chi connectivity index (χ1n) is 11.5. The van der Waals surface area contributed by atoms with E-state index in [1.807, 2.05) is 36.4 Å². The summed E-state index contributed by atoms with van der Waals surface area (Å²) in [6, 6.07) is 14.2. The monoisotopic (exact) mass is 486 g/mol. The van der Waals surface area contributed by atoms with Gasteiger partial charge in [0.05, 0.1) is 26.2 Å². The zero-order valence-corrected chi connectivity index (χ0v) is 19.7. The smallest absolute Gasteiger partial charge is 0.312 e. The molecule has 0 saturated heterocycles. The second-order valence-corrected chi connectivity index (χ2v) is 8.55. The van der Waals surface area contributed by atoms with Gasteiger partial charge in [-0.3, -0.25) is 9.59 Å². The predicted octanol–water partition coefficient (Wildman–Crippen LogP) is 4.53. The highest BCUT2D eigenvalue weighted by Crippen LogP contribution is 2.51. The fourth-order valence-corrected chi connectivity index (χ4v) is 4.74. The second kappa shape index (κ2) is 8.64. The summed E-state index contributed by atoms with van der Waals surface area (Å²) in [7, 11) is 3.15. The average Bonchev–Trinajstić information content (AvgIpc) is 3.22. The molecule has 0 spiro atoms. The van der Waals surface area contributed by atoms with E-state index in [0.717, 1.165) is 11.1 Å². The lowest BCUT2D eigenvalue weighted by molar-refractivity contribution is -0.135. The minimum atomic E-state index is -0.436. The SMILES string of the molecule is COc1ccc(/C=C2/Oc3c(ccc4c3[C@@H](c3cc(OC)c5c(c3)OCCO5)CC(=O)O4)C2=O)cc1. The molecule has 3 aromatic rings. The zero-order chi connectivity index (χ0) is 24.8. The number of Topliss-reactive ketones (excluding diaryl/α,β-unsaturated/α-hetero) is 1. The molecule has 0 saturated carbocycles. The topological polar surface area (TPSA) is 89.5 Å². The molecule has 0 N–H and O–H groups in total. The van der Waals surface area contributed by atoms with Gasteiger partial charge in [-0.1, -0.05) is 12.1 Å². The fraction of sp³-hybridized carbons (Fsp3) is 0.214. The number of rotatable bonds is 4. The van der Waals surface area contributed by atoms with Crippen LogP contribution in [0.2, 0.25) is 0 Å². The van der Waals surface area contributed by atoms with Gasteiger partial charge in [-0.25, -0.2) is 0 Å². The lowest BCUT2D eigenvalue weighted by Crippen LogP contribution is -2.22. The molecule has 0 radical (unpaired) electrons. The van der Waals surface area contributed by atoms with Crippen molar-refractivity contribution in [2.75, 3.05) is 27.4 Å². The van der Waals surface area contributed by atoms with Gasteiger partial charge >= 0.3 is 5.97 Å². The Balaban J connectivity index is 1.44. The van der Waals surface area contributed by atoms with Crippen LogP contribution in [-0.2, 0) is 4.79 Å². The molecule has 3 aliphatic rings. The van der Waals surface area contributed by atoms with E-state index < -0.39 is 5.92 Å². The molecule has 0 aromatic heterocycles. The second-order valence-electron chi connectivity index (χ2n) is 8.55. The van der Waals surface area contributed by atoms with E-state index in [-0.39, 0.29) is 23.9 Å². The highest BCUT2D eigenvalue weighted by Gasteiger charge is 2.39. The number of hydrogen-bond acceptors (Lipinski definition) is 8. The molecule has 8 nitrogen and oxygen atoms in total. The van der Waals surface area contributed by atoms with Crippen molar-refractivity contribution in [3.05, 3.63) is 76.5 Å². The van der Waals surface area contributed by atoms with Crippen molar-refractivity contribution in [3.8, 4) is 34.5 Å². The van der Waals surface area contributed by atoms with E-state index in [1.54, 1.807) is 32.4 Å². The number of methoxy groups -OCH3 is 2. The van der Waals surface area contributed by atoms with Gasteiger partial charge in [0.15, 0.2) is 17.3 Å². The zero-order valence-electron chi connectivity index (χ0n) is 19.7. The summed E-state index contributed by atoms with van der Waals surface area (Å²) < 4.78 is 33.9. The first-order chi connectivity index (χ1) is 17.6. The third kappa shape index (κ3) is 3.62. The Hall–Kier alpha value is -4.46. The maximum absolute atomic E-state index is 13.2. The number of carbonyl (C=O) groups excluding carboxylic acids is 2. The molecule has 0 unspecified atom stereocenters. The first kappa shape index (κ1) is 22.0. The van der Waals surface area contributed by atoms with Crippen LogP contribution in [0.25, 0.3) is 6.08 Å². The summed E-state index contributed by atoms with van der Waals surface area (Å²) in [4.78, 5) is 25.8. The van der Waals surface area contributed by atoms with E-state index in [0.29, 0.717) is 58.8 Å². The Morgan fingerprint density at radius 2 is 1.67 bits per heavy atom. The molecule has 3 heterocycles. The largest absolute Gasteiger partial charge is 0.497 e. The Morgan fingerprint density at radius 1 is 0.861 bits per heavy atom. The van der Waals surface area contributed by atoms with Gasteiger partial charge < -0.3 is 28.4 Å². The highest BCUT2D eigenvalue weighted by atomic mass is 16.6. The number of allylic oxidation sites excluding steroid dienone is 1. The molecule has 1 atom stereocenters. The van der Waals surface area contributed by atoms with Crippen LogP contribution in [0.5, 0.6) is 34.5 Å². The van der Waals surface area contributed by atoms with Crippen molar-refractivity contribution < 1.29 is 38.0 Å². The molecule has 0 fully saturated rings. The van der Waals surface area contributed by atoms with Gasteiger partial charge in [-0.2, -0.15) is 0 Å². The maximum atomic E-state index is 13.2. The van der Waals surface area contributed by atoms with Gasteiger partial charge in [-0.05, 0) is 53.6 Å². The van der Waals surface area contributed by atoms with Gasteiger partial charge in [0.1, 0.15) is 30.5 Å². The van der Waals surface area contributed by atoms with Crippen LogP contribution >= 0.6 is 0 Å². The van der Waals surface area contributed by atoms with Crippen LogP contribution in [0.15, 0.2) is 54.3 Å². The van der Waals surface area contributed by atoms with Crippen molar-refractivity contribution in [2.24, 2.45) is 0 Å². The van der Waals surface area contributed by atoms with Crippen LogP contribution in [-0.4, -0.2) is 39.2 Å². The molecule has 36 heavy (non-hydrogen) atoms. The van der Waals surface area contributed by atoms with Gasteiger partial charge in [-0.15, -0.1) is 0 Å². The Bertz CT molecular complexity index is 1400. The standard InChI is InChI=1S/C28H22O8/c1-31-17-5-3-15(4-6-17)11-21-26(30)18-7-8-20-25(27(18)36-21)19(14-24(29)35-20)16-12-22(32-2)28-23(13-16)33-9-10-34-28/h3-8,11-13,19H,9-10,14H2,1-2H3/b21-11+/t19-/m1/s1. The molecule has 6 rings (SSSR count). The maximum Gasteiger partial charge on any atom is 0.312 e. The number of hydrogen-bond donors (Lipinski definition) is 0. The van der Waals surface area contributed by atoms with Crippen molar-refractivity contribution in [2.45, 2.75) is 12.3 Å². The third-order valence-electron chi connectivity index (χ3n) is 6.45. The predicted molar refractivity (Wildman–Crippen MR) is 128 cm³/mol. The number of esters is 1. The summed E-state index contributed by atoms with van der Waals surface area (Å²) in [6.07, 6.45) is 1.76. The molecule has 0 amide bonds. The van der Waals surface area contributed by atoms with E-state index in [9.17, 15) is 9.59 Å². The average molecular weight is 486 g/mol. The van der Waals surface area contributed by atoms with Crippen molar-refractivity contribution in [1.82, 2.24) is 0 Å². The summed E-state index contributed by atoms with van der Waals surface area (Å²) in [5.41, 5.74) is 2.62. The van der Waals surface area contributed by atoms with Gasteiger partial charge in [0, 0.05) is 11.5 Å². The number of ether oxygens (including phenoxy) is 6. The van der Waals surface area contributed by atoms with E-state index in [2.05, 4.69) is 0 Å². The summed E-state index contributed by atoms with van der Waals surface area (Å²) in [6.45, 7) is 0.837. The van der Waals surface area contributed by atoms with Crippen LogP contribution in [0.1, 0.15) is 39.4 Å². The lowest BCUT2D eigenvalue weighted by Gasteiger charge is -2.28. The molecule has 182 valence electrons.